The third-order valence-corrected chi connectivity index (χ3v) is 9.21. The lowest BCUT2D eigenvalue weighted by Gasteiger charge is -2.44. The molecule has 2 aliphatic rings. The molecule has 0 saturated carbocycles. The zero-order chi connectivity index (χ0) is 26.7. The van der Waals surface area contributed by atoms with Gasteiger partial charge in [-0.05, 0) is 68.1 Å². The number of nitrogens with zero attached hydrogens (tertiary/aromatic N) is 3. The van der Waals surface area contributed by atoms with Crippen LogP contribution in [0.25, 0.3) is 22.4 Å². The van der Waals surface area contributed by atoms with Crippen LogP contribution in [0.5, 0.6) is 0 Å². The number of anilines is 2. The van der Waals surface area contributed by atoms with E-state index in [9.17, 15) is 0 Å². The largest absolute Gasteiger partial charge is 0.352 e. The van der Waals surface area contributed by atoms with Crippen molar-refractivity contribution in [2.75, 3.05) is 29.6 Å². The van der Waals surface area contributed by atoms with Crippen LogP contribution in [0.3, 0.4) is 0 Å². The molecule has 0 radical (unpaired) electrons. The molecule has 3 nitrogen and oxygen atoms in total. The van der Waals surface area contributed by atoms with Crippen LogP contribution in [0.2, 0.25) is 0 Å². The molecule has 1 atom stereocenters. The molecule has 2 aliphatic heterocycles. The summed E-state index contributed by atoms with van der Waals surface area (Å²) in [7, 11) is 2.24. The molecule has 194 valence electrons. The summed E-state index contributed by atoms with van der Waals surface area (Å²) in [5.41, 5.74) is 12.0. The Balaban J connectivity index is 1.71. The van der Waals surface area contributed by atoms with Crippen LogP contribution in [0, 0.1) is 6.92 Å². The summed E-state index contributed by atoms with van der Waals surface area (Å²) < 4.78 is 2.42. The highest BCUT2D eigenvalue weighted by molar-refractivity contribution is 5.83. The van der Waals surface area contributed by atoms with Crippen molar-refractivity contribution in [3.63, 3.8) is 0 Å². The van der Waals surface area contributed by atoms with E-state index >= 15 is 0 Å². The first kappa shape index (κ1) is 24.7. The van der Waals surface area contributed by atoms with Crippen LogP contribution in [-0.2, 0) is 17.9 Å². The molecule has 6 bridgehead atoms. The van der Waals surface area contributed by atoms with Gasteiger partial charge < -0.3 is 9.80 Å². The molecule has 0 saturated heterocycles. The van der Waals surface area contributed by atoms with E-state index in [1.54, 1.807) is 0 Å². The Bertz CT molecular complexity index is 1520. The summed E-state index contributed by atoms with van der Waals surface area (Å²) in [6.07, 6.45) is 1.08. The molecule has 1 unspecified atom stereocenters. The fraction of sp³-hybridized carbons (Fsp3) is 0.343. The molecule has 0 aliphatic carbocycles. The van der Waals surface area contributed by atoms with Crippen molar-refractivity contribution in [2.45, 2.75) is 51.9 Å². The smallest absolute Gasteiger partial charge is 0.214 e. The van der Waals surface area contributed by atoms with Gasteiger partial charge in [-0.1, -0.05) is 62.4 Å². The standard InChI is InChI=1S/C35H40N3/c1-7-35(5)23-38-24-37(31-18-10-8-14-27(31)26-16-12-17-29(35)25(26)2)22-34(3,4)33-21-13-20-30(36(33)6)28-15-9-11-19-32(28)38/h8-21H,7,22-24H2,1-6H3/q+1. The topological polar surface area (TPSA) is 10.4 Å². The number of benzene rings is 3. The highest BCUT2D eigenvalue weighted by atomic mass is 15.3. The molecule has 0 fully saturated rings. The first-order valence-corrected chi connectivity index (χ1v) is 14.0. The van der Waals surface area contributed by atoms with Gasteiger partial charge in [-0.25, -0.2) is 0 Å². The second kappa shape index (κ2) is 9.01. The van der Waals surface area contributed by atoms with Crippen LogP contribution in [0.4, 0.5) is 11.4 Å². The Morgan fingerprint density at radius 3 is 2.05 bits per heavy atom. The second-order valence-electron chi connectivity index (χ2n) is 12.2. The Labute approximate surface area is 228 Å². The molecular formula is C35H40N3+. The monoisotopic (exact) mass is 502 g/mol. The maximum Gasteiger partial charge on any atom is 0.214 e. The highest BCUT2D eigenvalue weighted by Gasteiger charge is 2.38. The Hall–Kier alpha value is -3.59. The van der Waals surface area contributed by atoms with Crippen molar-refractivity contribution in [1.29, 1.82) is 0 Å². The summed E-state index contributed by atoms with van der Waals surface area (Å²) in [5.74, 6) is 0. The number of pyridine rings is 1. The van der Waals surface area contributed by atoms with Crippen molar-refractivity contribution < 1.29 is 4.57 Å². The van der Waals surface area contributed by atoms with Gasteiger partial charge in [-0.2, -0.15) is 4.57 Å². The molecule has 6 rings (SSSR count). The Morgan fingerprint density at radius 2 is 1.32 bits per heavy atom. The fourth-order valence-electron chi connectivity index (χ4n) is 7.05. The summed E-state index contributed by atoms with van der Waals surface area (Å²) in [5, 5.41) is 0. The summed E-state index contributed by atoms with van der Waals surface area (Å²) in [6.45, 7) is 14.6. The average molecular weight is 503 g/mol. The van der Waals surface area contributed by atoms with E-state index in [0.29, 0.717) is 0 Å². The average Bonchev–Trinajstić information content (AvgIpc) is 2.91. The number of hydrogen-bond acceptors (Lipinski definition) is 2. The zero-order valence-electron chi connectivity index (χ0n) is 23.8. The van der Waals surface area contributed by atoms with Crippen LogP contribution in [-0.4, -0.2) is 19.8 Å². The molecule has 3 heterocycles. The van der Waals surface area contributed by atoms with Crippen LogP contribution >= 0.6 is 0 Å². The lowest BCUT2D eigenvalue weighted by Crippen LogP contribution is -2.52. The van der Waals surface area contributed by atoms with Gasteiger partial charge in [0.05, 0.1) is 23.3 Å². The van der Waals surface area contributed by atoms with Crippen molar-refractivity contribution in [3.05, 3.63) is 102 Å². The van der Waals surface area contributed by atoms with E-state index < -0.39 is 0 Å². The molecule has 3 aromatic carbocycles. The van der Waals surface area contributed by atoms with Gasteiger partial charge in [-0.15, -0.1) is 0 Å². The van der Waals surface area contributed by atoms with E-state index in [1.165, 1.54) is 50.6 Å². The maximum atomic E-state index is 2.65. The Kier molecular flexibility index (Phi) is 5.86. The van der Waals surface area contributed by atoms with Crippen LogP contribution in [0.15, 0.2) is 84.9 Å². The molecular weight excluding hydrogens is 462 g/mol. The van der Waals surface area contributed by atoms with Gasteiger partial charge in [0.25, 0.3) is 0 Å². The van der Waals surface area contributed by atoms with Gasteiger partial charge >= 0.3 is 0 Å². The lowest BCUT2D eigenvalue weighted by atomic mass is 9.75. The van der Waals surface area contributed by atoms with E-state index in [-0.39, 0.29) is 10.8 Å². The quantitative estimate of drug-likeness (QED) is 0.251. The fourth-order valence-corrected chi connectivity index (χ4v) is 7.05. The number of rotatable bonds is 1. The van der Waals surface area contributed by atoms with Gasteiger partial charge in [0.15, 0.2) is 5.69 Å². The maximum absolute atomic E-state index is 2.65. The molecule has 38 heavy (non-hydrogen) atoms. The summed E-state index contributed by atoms with van der Waals surface area (Å²) in [4.78, 5) is 5.29. The molecule has 4 aromatic rings. The predicted molar refractivity (Wildman–Crippen MR) is 160 cm³/mol. The molecule has 3 heteroatoms. The third-order valence-electron chi connectivity index (χ3n) is 9.21. The molecule has 1 aromatic heterocycles. The van der Waals surface area contributed by atoms with Gasteiger partial charge in [-0.3, -0.25) is 0 Å². The van der Waals surface area contributed by atoms with Crippen molar-refractivity contribution in [3.8, 4) is 22.4 Å². The number of fused-ring (bicyclic) bond motifs is 12. The molecule has 0 spiro atoms. The minimum atomic E-state index is -0.0646. The lowest BCUT2D eigenvalue weighted by molar-refractivity contribution is -0.671. The predicted octanol–water partition coefficient (Wildman–Crippen LogP) is 7.40. The second-order valence-corrected chi connectivity index (χ2v) is 12.2. The van der Waals surface area contributed by atoms with E-state index in [4.69, 9.17) is 0 Å². The van der Waals surface area contributed by atoms with Crippen molar-refractivity contribution in [1.82, 2.24) is 0 Å². The van der Waals surface area contributed by atoms with Gasteiger partial charge in [0.2, 0.25) is 5.69 Å². The molecule has 0 N–H and O–H groups in total. The van der Waals surface area contributed by atoms with Crippen molar-refractivity contribution >= 4 is 11.4 Å². The third kappa shape index (κ3) is 3.83. The minimum Gasteiger partial charge on any atom is -0.352 e. The van der Waals surface area contributed by atoms with Gasteiger partial charge in [0, 0.05) is 41.9 Å². The van der Waals surface area contributed by atoms with Gasteiger partial charge in [0.1, 0.15) is 7.05 Å². The summed E-state index contributed by atoms with van der Waals surface area (Å²) >= 11 is 0. The van der Waals surface area contributed by atoms with E-state index in [2.05, 4.69) is 141 Å². The minimum absolute atomic E-state index is 0.00876. The SMILES string of the molecule is CCC1(C)CN2CN(CC(C)(C)c3cccc([n+]3C)-c3ccccc32)c2ccccc2-c2cccc1c2C. The molecule has 0 amide bonds. The first-order valence-electron chi connectivity index (χ1n) is 14.0. The summed E-state index contributed by atoms with van der Waals surface area (Å²) in [6, 6.07) is 31.8. The van der Waals surface area contributed by atoms with E-state index in [0.717, 1.165) is 26.2 Å². The van der Waals surface area contributed by atoms with E-state index in [1.807, 2.05) is 0 Å². The first-order chi connectivity index (χ1) is 18.2. The number of hydrogen-bond donors (Lipinski definition) is 0. The highest BCUT2D eigenvalue weighted by Crippen LogP contribution is 2.43. The van der Waals surface area contributed by atoms with Crippen LogP contribution in [0.1, 0.15) is 50.9 Å². The number of para-hydroxylation sites is 2. The number of aromatic nitrogens is 1. The van der Waals surface area contributed by atoms with Crippen molar-refractivity contribution in [2.24, 2.45) is 7.05 Å². The Morgan fingerprint density at radius 1 is 0.711 bits per heavy atom. The van der Waals surface area contributed by atoms with Crippen LogP contribution < -0.4 is 14.4 Å². The normalized spacial score (nSPS) is 19.8. The zero-order valence-corrected chi connectivity index (χ0v) is 23.8.